The van der Waals surface area contributed by atoms with Crippen LogP contribution in [0.1, 0.15) is 46.5 Å². The minimum Gasteiger partial charge on any atom is -0.342 e. The Bertz CT molecular complexity index is 967. The molecule has 2 aromatic heterocycles. The molecule has 1 amide bonds. The van der Waals surface area contributed by atoms with Gasteiger partial charge < -0.3 is 14.4 Å². The van der Waals surface area contributed by atoms with Crippen LogP contribution in [-0.4, -0.2) is 30.8 Å². The quantitative estimate of drug-likeness (QED) is 0.766. The van der Waals surface area contributed by atoms with Gasteiger partial charge in [-0.05, 0) is 30.0 Å². The molecule has 3 aromatic rings. The minimum absolute atomic E-state index is 0.120. The van der Waals surface area contributed by atoms with Crippen LogP contribution in [-0.2, 0) is 13.5 Å². The lowest BCUT2D eigenvalue weighted by Gasteiger charge is -2.13. The molecule has 0 fully saturated rings. The molecule has 0 radical (unpaired) electrons. The SMILES string of the molecule is Cn1cnnc1C(=O)NC1CCc2cc(-c3noc(C(F)F)n3)ccc21. The summed E-state index contributed by atoms with van der Waals surface area (Å²) in [6.45, 7) is 0. The summed E-state index contributed by atoms with van der Waals surface area (Å²) < 4.78 is 31.3. The predicted octanol–water partition coefficient (Wildman–Crippen LogP) is 2.22. The molecule has 0 saturated carbocycles. The number of halogens is 2. The lowest BCUT2D eigenvalue weighted by Crippen LogP contribution is -2.29. The van der Waals surface area contributed by atoms with E-state index in [1.165, 1.54) is 6.33 Å². The lowest BCUT2D eigenvalue weighted by molar-refractivity contribution is 0.0922. The molecule has 1 N–H and O–H groups in total. The van der Waals surface area contributed by atoms with E-state index in [-0.39, 0.29) is 23.6 Å². The maximum atomic E-state index is 12.6. The zero-order valence-electron chi connectivity index (χ0n) is 13.7. The van der Waals surface area contributed by atoms with E-state index in [9.17, 15) is 13.6 Å². The average Bonchev–Trinajstić information content (AvgIpc) is 3.34. The number of nitrogens with one attached hydrogen (secondary N) is 1. The molecule has 26 heavy (non-hydrogen) atoms. The number of carbonyl (C=O) groups is 1. The normalized spacial score (nSPS) is 16.1. The summed E-state index contributed by atoms with van der Waals surface area (Å²) in [6.07, 6.45) is 0.136. The van der Waals surface area contributed by atoms with Crippen molar-refractivity contribution in [3.63, 3.8) is 0 Å². The first-order valence-electron chi connectivity index (χ1n) is 7.92. The summed E-state index contributed by atoms with van der Waals surface area (Å²) in [4.78, 5) is 16.0. The first-order chi connectivity index (χ1) is 12.5. The fraction of sp³-hybridized carbons (Fsp3) is 0.312. The summed E-state index contributed by atoms with van der Waals surface area (Å²) >= 11 is 0. The van der Waals surface area contributed by atoms with E-state index in [0.717, 1.165) is 24.0 Å². The van der Waals surface area contributed by atoms with Crippen molar-refractivity contribution in [3.8, 4) is 11.4 Å². The molecule has 1 aliphatic rings. The number of alkyl halides is 2. The van der Waals surface area contributed by atoms with Gasteiger partial charge in [0, 0.05) is 12.6 Å². The second kappa shape index (κ2) is 6.28. The molecule has 0 spiro atoms. The van der Waals surface area contributed by atoms with Crippen molar-refractivity contribution < 1.29 is 18.1 Å². The summed E-state index contributed by atoms with van der Waals surface area (Å²) in [5, 5.41) is 14.0. The Morgan fingerprint density at radius 3 is 2.96 bits per heavy atom. The van der Waals surface area contributed by atoms with Crippen LogP contribution in [0.25, 0.3) is 11.4 Å². The van der Waals surface area contributed by atoms with Gasteiger partial charge >= 0.3 is 6.43 Å². The van der Waals surface area contributed by atoms with Crippen LogP contribution in [0.4, 0.5) is 8.78 Å². The molecule has 2 heterocycles. The van der Waals surface area contributed by atoms with Crippen molar-refractivity contribution in [3.05, 3.63) is 47.4 Å². The maximum Gasteiger partial charge on any atom is 0.315 e. The van der Waals surface area contributed by atoms with Gasteiger partial charge in [0.25, 0.3) is 11.8 Å². The second-order valence-electron chi connectivity index (χ2n) is 6.00. The van der Waals surface area contributed by atoms with Gasteiger partial charge in [-0.15, -0.1) is 10.2 Å². The van der Waals surface area contributed by atoms with Gasteiger partial charge in [0.2, 0.25) is 11.6 Å². The third kappa shape index (κ3) is 2.83. The van der Waals surface area contributed by atoms with Gasteiger partial charge in [-0.2, -0.15) is 13.8 Å². The number of rotatable bonds is 4. The number of nitrogens with zero attached hydrogens (tertiary/aromatic N) is 5. The van der Waals surface area contributed by atoms with Crippen LogP contribution >= 0.6 is 0 Å². The number of benzene rings is 1. The number of aromatic nitrogens is 5. The van der Waals surface area contributed by atoms with E-state index in [2.05, 4.69) is 30.2 Å². The highest BCUT2D eigenvalue weighted by Gasteiger charge is 2.27. The molecule has 1 unspecified atom stereocenters. The Labute approximate surface area is 146 Å². The fourth-order valence-electron chi connectivity index (χ4n) is 3.06. The molecule has 1 aromatic carbocycles. The molecule has 0 aliphatic heterocycles. The molecule has 10 heteroatoms. The smallest absolute Gasteiger partial charge is 0.315 e. The highest BCUT2D eigenvalue weighted by atomic mass is 19.3. The zero-order valence-corrected chi connectivity index (χ0v) is 13.7. The molecule has 1 atom stereocenters. The topological polar surface area (TPSA) is 98.7 Å². The standard InChI is InChI=1S/C16H14F2N6O2/c1-24-7-19-22-14(24)15(25)20-11-5-3-8-6-9(2-4-10(8)11)13-21-16(12(17)18)26-23-13/h2,4,6-7,11-12H,3,5H2,1H3,(H,20,25). The molecule has 4 rings (SSSR count). The predicted molar refractivity (Wildman–Crippen MR) is 84.2 cm³/mol. The Kier molecular flexibility index (Phi) is 3.94. The average molecular weight is 360 g/mol. The first-order valence-corrected chi connectivity index (χ1v) is 7.92. The molecule has 1 aliphatic carbocycles. The van der Waals surface area contributed by atoms with Crippen LogP contribution in [0.5, 0.6) is 0 Å². The van der Waals surface area contributed by atoms with E-state index >= 15 is 0 Å². The number of fused-ring (bicyclic) bond motifs is 1. The van der Waals surface area contributed by atoms with Crippen molar-refractivity contribution in [1.29, 1.82) is 0 Å². The molecule has 0 saturated heterocycles. The Morgan fingerprint density at radius 1 is 1.42 bits per heavy atom. The lowest BCUT2D eigenvalue weighted by atomic mass is 10.0. The van der Waals surface area contributed by atoms with E-state index in [1.807, 2.05) is 12.1 Å². The monoisotopic (exact) mass is 360 g/mol. The molecular weight excluding hydrogens is 346 g/mol. The summed E-state index contributed by atoms with van der Waals surface area (Å²) in [7, 11) is 1.70. The summed E-state index contributed by atoms with van der Waals surface area (Å²) in [6, 6.07) is 5.26. The molecular formula is C16H14F2N6O2. The van der Waals surface area contributed by atoms with Crippen LogP contribution in [0.3, 0.4) is 0 Å². The van der Waals surface area contributed by atoms with Crippen molar-refractivity contribution in [2.24, 2.45) is 7.05 Å². The van der Waals surface area contributed by atoms with E-state index in [4.69, 9.17) is 0 Å². The van der Waals surface area contributed by atoms with Crippen molar-refractivity contribution in [2.75, 3.05) is 0 Å². The summed E-state index contributed by atoms with van der Waals surface area (Å²) in [5.41, 5.74) is 2.58. The second-order valence-corrected chi connectivity index (χ2v) is 6.00. The van der Waals surface area contributed by atoms with Gasteiger partial charge in [-0.1, -0.05) is 17.3 Å². The summed E-state index contributed by atoms with van der Waals surface area (Å²) in [5.74, 6) is -0.642. The Hall–Kier alpha value is -3.17. The van der Waals surface area contributed by atoms with Gasteiger partial charge in [-0.25, -0.2) is 0 Å². The number of carbonyl (C=O) groups excluding carboxylic acids is 1. The molecule has 0 bridgehead atoms. The van der Waals surface area contributed by atoms with E-state index < -0.39 is 12.3 Å². The number of aryl methyl sites for hydroxylation is 2. The van der Waals surface area contributed by atoms with Crippen molar-refractivity contribution in [1.82, 2.24) is 30.2 Å². The Morgan fingerprint density at radius 2 is 2.27 bits per heavy atom. The van der Waals surface area contributed by atoms with Crippen molar-refractivity contribution in [2.45, 2.75) is 25.3 Å². The number of amides is 1. The Balaban J connectivity index is 1.54. The van der Waals surface area contributed by atoms with Crippen LogP contribution in [0.15, 0.2) is 29.0 Å². The van der Waals surface area contributed by atoms with Gasteiger partial charge in [0.1, 0.15) is 6.33 Å². The first kappa shape index (κ1) is 16.3. The van der Waals surface area contributed by atoms with Crippen molar-refractivity contribution >= 4 is 5.91 Å². The van der Waals surface area contributed by atoms with E-state index in [1.54, 1.807) is 17.7 Å². The largest absolute Gasteiger partial charge is 0.342 e. The fourth-order valence-corrected chi connectivity index (χ4v) is 3.06. The third-order valence-electron chi connectivity index (χ3n) is 4.33. The van der Waals surface area contributed by atoms with Gasteiger partial charge in [0.05, 0.1) is 6.04 Å². The molecule has 134 valence electrons. The van der Waals surface area contributed by atoms with Crippen LogP contribution in [0, 0.1) is 0 Å². The number of hydrogen-bond donors (Lipinski definition) is 1. The number of hydrogen-bond acceptors (Lipinski definition) is 6. The molecule has 8 nitrogen and oxygen atoms in total. The highest BCUT2D eigenvalue weighted by Crippen LogP contribution is 2.34. The highest BCUT2D eigenvalue weighted by molar-refractivity contribution is 5.91. The van der Waals surface area contributed by atoms with Gasteiger partial charge in [0.15, 0.2) is 0 Å². The third-order valence-corrected chi connectivity index (χ3v) is 4.33. The van der Waals surface area contributed by atoms with Gasteiger partial charge in [-0.3, -0.25) is 4.79 Å². The minimum atomic E-state index is -2.80. The maximum absolute atomic E-state index is 12.6. The van der Waals surface area contributed by atoms with Crippen LogP contribution in [0.2, 0.25) is 0 Å². The zero-order chi connectivity index (χ0) is 18.3. The van der Waals surface area contributed by atoms with E-state index in [0.29, 0.717) is 5.56 Å². The van der Waals surface area contributed by atoms with Crippen LogP contribution < -0.4 is 5.32 Å².